The van der Waals surface area contributed by atoms with Crippen molar-refractivity contribution in [1.82, 2.24) is 9.80 Å². The molecule has 0 saturated carbocycles. The number of hydrogen-bond donors (Lipinski definition) is 1. The quantitative estimate of drug-likeness (QED) is 0.306. The number of benzene rings is 1. The summed E-state index contributed by atoms with van der Waals surface area (Å²) in [5, 5.41) is 0. The Bertz CT molecular complexity index is 569. The first kappa shape index (κ1) is 21.2. The van der Waals surface area contributed by atoms with E-state index in [1.54, 1.807) is 0 Å². The fourth-order valence-electron chi connectivity index (χ4n) is 3.43. The van der Waals surface area contributed by atoms with E-state index in [2.05, 4.69) is 50.9 Å². The van der Waals surface area contributed by atoms with Crippen LogP contribution in [0, 0.1) is 6.92 Å². The number of piperazine rings is 1. The van der Waals surface area contributed by atoms with Crippen LogP contribution in [0.25, 0.3) is 0 Å². The van der Waals surface area contributed by atoms with Crippen molar-refractivity contribution < 1.29 is 4.74 Å². The van der Waals surface area contributed by atoms with Crippen molar-refractivity contribution in [2.75, 3.05) is 70.5 Å². The van der Waals surface area contributed by atoms with Gasteiger partial charge in [0.05, 0.1) is 13.2 Å². The van der Waals surface area contributed by atoms with Gasteiger partial charge in [-0.2, -0.15) is 0 Å². The normalized spacial score (nSPS) is 19.3. The average Bonchev–Trinajstić information content (AvgIpc) is 2.66. The monoisotopic (exact) mass is 473 g/mol. The molecule has 0 unspecified atom stereocenters. The van der Waals surface area contributed by atoms with Crippen LogP contribution >= 0.6 is 24.0 Å². The molecule has 2 aliphatic rings. The highest BCUT2D eigenvalue weighted by Crippen LogP contribution is 2.17. The van der Waals surface area contributed by atoms with Gasteiger partial charge in [0.1, 0.15) is 0 Å². The molecule has 1 aromatic carbocycles. The van der Waals surface area contributed by atoms with Gasteiger partial charge in [-0.3, -0.25) is 9.89 Å². The summed E-state index contributed by atoms with van der Waals surface area (Å²) in [6.07, 6.45) is 1.06. The molecule has 0 bridgehead atoms. The third-order valence-corrected chi connectivity index (χ3v) is 4.98. The van der Waals surface area contributed by atoms with Gasteiger partial charge >= 0.3 is 0 Å². The number of ether oxygens (including phenoxy) is 1. The molecule has 7 heteroatoms. The summed E-state index contributed by atoms with van der Waals surface area (Å²) in [5.41, 5.74) is 8.74. The Balaban J connectivity index is 0.00000243. The number of halogens is 1. The minimum atomic E-state index is 0. The summed E-state index contributed by atoms with van der Waals surface area (Å²) in [6.45, 7) is 11.7. The highest BCUT2D eigenvalue weighted by atomic mass is 127. The van der Waals surface area contributed by atoms with Crippen LogP contribution in [0.2, 0.25) is 0 Å². The van der Waals surface area contributed by atoms with Crippen molar-refractivity contribution in [3.8, 4) is 0 Å². The average molecular weight is 473 g/mol. The molecule has 146 valence electrons. The molecule has 2 N–H and O–H groups in total. The van der Waals surface area contributed by atoms with Crippen molar-refractivity contribution in [2.45, 2.75) is 13.3 Å². The van der Waals surface area contributed by atoms with Gasteiger partial charge in [0.15, 0.2) is 5.96 Å². The van der Waals surface area contributed by atoms with Crippen LogP contribution in [-0.4, -0.2) is 81.3 Å². The third kappa shape index (κ3) is 6.28. The molecule has 2 heterocycles. The fourth-order valence-corrected chi connectivity index (χ4v) is 3.43. The smallest absolute Gasteiger partial charge is 0.191 e. The first-order chi connectivity index (χ1) is 12.2. The Morgan fingerprint density at radius 1 is 1.12 bits per heavy atom. The number of aliphatic imine (C=N–C) groups is 1. The van der Waals surface area contributed by atoms with Crippen LogP contribution in [0.1, 0.15) is 12.0 Å². The summed E-state index contributed by atoms with van der Waals surface area (Å²) >= 11 is 0. The second-order valence-electron chi connectivity index (χ2n) is 6.86. The number of rotatable bonds is 5. The Kier molecular flexibility index (Phi) is 8.94. The van der Waals surface area contributed by atoms with E-state index in [1.165, 1.54) is 11.3 Å². The lowest BCUT2D eigenvalue weighted by Gasteiger charge is -2.36. The van der Waals surface area contributed by atoms with Gasteiger partial charge in [-0.25, -0.2) is 0 Å². The van der Waals surface area contributed by atoms with Gasteiger partial charge in [0.2, 0.25) is 0 Å². The van der Waals surface area contributed by atoms with E-state index in [4.69, 9.17) is 10.5 Å². The summed E-state index contributed by atoms with van der Waals surface area (Å²) in [4.78, 5) is 11.7. The van der Waals surface area contributed by atoms with Crippen molar-refractivity contribution >= 4 is 35.6 Å². The summed E-state index contributed by atoms with van der Waals surface area (Å²) in [7, 11) is 0. The molecule has 2 saturated heterocycles. The maximum atomic E-state index is 6.06. The van der Waals surface area contributed by atoms with Gasteiger partial charge in [-0.15, -0.1) is 24.0 Å². The first-order valence-electron chi connectivity index (χ1n) is 9.39. The second-order valence-corrected chi connectivity index (χ2v) is 6.86. The number of nitrogens with two attached hydrogens (primary N) is 1. The van der Waals surface area contributed by atoms with E-state index in [-0.39, 0.29) is 24.0 Å². The Hall–Kier alpha value is -1.06. The zero-order valence-corrected chi connectivity index (χ0v) is 18.1. The van der Waals surface area contributed by atoms with Gasteiger partial charge < -0.3 is 20.3 Å². The number of nitrogens with zero attached hydrogens (tertiary/aromatic N) is 4. The molecule has 0 spiro atoms. The zero-order chi connectivity index (χ0) is 17.5. The van der Waals surface area contributed by atoms with Gasteiger partial charge in [0.25, 0.3) is 0 Å². The van der Waals surface area contributed by atoms with E-state index in [0.29, 0.717) is 5.96 Å². The summed E-state index contributed by atoms with van der Waals surface area (Å²) in [6, 6.07) is 8.79. The molecular weight excluding hydrogens is 441 g/mol. The van der Waals surface area contributed by atoms with Crippen molar-refractivity contribution in [3.05, 3.63) is 29.8 Å². The van der Waals surface area contributed by atoms with E-state index in [0.717, 1.165) is 72.0 Å². The minimum absolute atomic E-state index is 0. The predicted molar refractivity (Wildman–Crippen MR) is 119 cm³/mol. The molecule has 0 atom stereocenters. The number of hydrogen-bond acceptors (Lipinski definition) is 4. The molecule has 0 aromatic heterocycles. The maximum Gasteiger partial charge on any atom is 0.191 e. The lowest BCUT2D eigenvalue weighted by atomic mass is 10.2. The molecular formula is C19H32IN5O. The topological polar surface area (TPSA) is 57.3 Å². The molecule has 26 heavy (non-hydrogen) atoms. The van der Waals surface area contributed by atoms with Crippen LogP contribution in [0.5, 0.6) is 0 Å². The standard InChI is InChI=1S/C19H31N5O.HI/c1-17-4-2-5-18(16-17)23-10-8-22(9-11-23)7-3-6-21-19(20)24-12-14-25-15-13-24;/h2,4-5,16H,3,6-15H2,1H3,(H2,20,21);1H. The van der Waals surface area contributed by atoms with Crippen LogP contribution in [0.4, 0.5) is 5.69 Å². The van der Waals surface area contributed by atoms with E-state index < -0.39 is 0 Å². The van der Waals surface area contributed by atoms with Crippen LogP contribution in [0.15, 0.2) is 29.3 Å². The SMILES string of the molecule is Cc1cccc(N2CCN(CCCN=C(N)N3CCOCC3)CC2)c1.I. The number of guanidine groups is 1. The van der Waals surface area contributed by atoms with Gasteiger partial charge in [0, 0.05) is 58.0 Å². The zero-order valence-electron chi connectivity index (χ0n) is 15.8. The lowest BCUT2D eigenvalue weighted by molar-refractivity contribution is 0.0674. The predicted octanol–water partition coefficient (Wildman–Crippen LogP) is 1.77. The molecule has 0 radical (unpaired) electrons. The largest absolute Gasteiger partial charge is 0.378 e. The van der Waals surface area contributed by atoms with Crippen molar-refractivity contribution in [2.24, 2.45) is 10.7 Å². The van der Waals surface area contributed by atoms with Gasteiger partial charge in [-0.1, -0.05) is 12.1 Å². The Morgan fingerprint density at radius 3 is 2.54 bits per heavy atom. The van der Waals surface area contributed by atoms with Gasteiger partial charge in [-0.05, 0) is 31.0 Å². The fraction of sp³-hybridized carbons (Fsp3) is 0.632. The number of aryl methyl sites for hydroxylation is 1. The Morgan fingerprint density at radius 2 is 1.85 bits per heavy atom. The lowest BCUT2D eigenvalue weighted by Crippen LogP contribution is -2.47. The molecule has 2 fully saturated rings. The summed E-state index contributed by atoms with van der Waals surface area (Å²) < 4.78 is 5.34. The van der Waals surface area contributed by atoms with Crippen molar-refractivity contribution in [3.63, 3.8) is 0 Å². The summed E-state index contributed by atoms with van der Waals surface area (Å²) in [5.74, 6) is 0.674. The highest BCUT2D eigenvalue weighted by molar-refractivity contribution is 14.0. The molecule has 0 amide bonds. The second kappa shape index (κ2) is 10.9. The van der Waals surface area contributed by atoms with E-state index in [9.17, 15) is 0 Å². The van der Waals surface area contributed by atoms with Crippen LogP contribution in [-0.2, 0) is 4.74 Å². The van der Waals surface area contributed by atoms with E-state index in [1.807, 2.05) is 0 Å². The number of morpholine rings is 1. The minimum Gasteiger partial charge on any atom is -0.378 e. The van der Waals surface area contributed by atoms with Crippen LogP contribution in [0.3, 0.4) is 0 Å². The third-order valence-electron chi connectivity index (χ3n) is 4.98. The molecule has 0 aliphatic carbocycles. The highest BCUT2D eigenvalue weighted by Gasteiger charge is 2.17. The molecule has 1 aromatic rings. The maximum absolute atomic E-state index is 6.06. The molecule has 2 aliphatic heterocycles. The van der Waals surface area contributed by atoms with Crippen molar-refractivity contribution in [1.29, 1.82) is 0 Å². The van der Waals surface area contributed by atoms with Crippen LogP contribution < -0.4 is 10.6 Å². The van der Waals surface area contributed by atoms with E-state index >= 15 is 0 Å². The molecule has 3 rings (SSSR count). The number of anilines is 1. The first-order valence-corrected chi connectivity index (χ1v) is 9.39. The Labute approximate surface area is 174 Å². The molecule has 6 nitrogen and oxygen atoms in total.